The Morgan fingerprint density at radius 1 is 1.09 bits per heavy atom. The van der Waals surface area contributed by atoms with Crippen LogP contribution >= 0.6 is 11.3 Å². The molecule has 0 fully saturated rings. The first-order valence-electron chi connectivity index (χ1n) is 11.0. The fraction of sp³-hybridized carbons (Fsp3) is 0.400. The van der Waals surface area contributed by atoms with Gasteiger partial charge in [-0.05, 0) is 68.3 Å². The Morgan fingerprint density at radius 2 is 1.91 bits per heavy atom. The van der Waals surface area contributed by atoms with Crippen LogP contribution in [0.4, 0.5) is 5.69 Å². The lowest BCUT2D eigenvalue weighted by Gasteiger charge is -2.39. The van der Waals surface area contributed by atoms with Crippen LogP contribution < -0.4 is 10.2 Å². The largest absolute Gasteiger partial charge is 0.494 e. The second-order valence-corrected chi connectivity index (χ2v) is 10.3. The topological polar surface area (TPSA) is 55.7 Å². The minimum Gasteiger partial charge on any atom is -0.494 e. The zero-order chi connectivity index (χ0) is 22.6. The normalized spacial score (nSPS) is 15.3. The summed E-state index contributed by atoms with van der Waals surface area (Å²) in [6.45, 7) is 7.85. The Balaban J connectivity index is 1.79. The third kappa shape index (κ3) is 3.14. The minimum atomic E-state index is -0.210. The van der Waals surface area contributed by atoms with E-state index in [0.29, 0.717) is 0 Å². The number of thiophene rings is 1. The lowest BCUT2D eigenvalue weighted by Crippen LogP contribution is -2.49. The van der Waals surface area contributed by atoms with Crippen molar-refractivity contribution < 1.29 is 14.4 Å². The predicted molar refractivity (Wildman–Crippen MR) is 129 cm³/mol. The third-order valence-corrected chi connectivity index (χ3v) is 7.36. The number of amides is 1. The van der Waals surface area contributed by atoms with Crippen molar-refractivity contribution in [1.82, 2.24) is 9.47 Å². The van der Waals surface area contributed by atoms with Crippen LogP contribution in [0.1, 0.15) is 42.4 Å². The van der Waals surface area contributed by atoms with E-state index in [0.717, 1.165) is 54.3 Å². The highest BCUT2D eigenvalue weighted by atomic mass is 32.1. The summed E-state index contributed by atoms with van der Waals surface area (Å²) in [4.78, 5) is 22.2. The first kappa shape index (κ1) is 21.1. The van der Waals surface area contributed by atoms with E-state index in [1.54, 1.807) is 25.6 Å². The average Bonchev–Trinajstić information content (AvgIpc) is 3.38. The van der Waals surface area contributed by atoms with Gasteiger partial charge in [-0.25, -0.2) is 0 Å². The predicted octanol–water partition coefficient (Wildman–Crippen LogP) is 5.22. The van der Waals surface area contributed by atoms with Crippen LogP contribution in [0.15, 0.2) is 29.6 Å². The molecule has 0 unspecified atom stereocenters. The van der Waals surface area contributed by atoms with Crippen molar-refractivity contribution in [2.45, 2.75) is 45.7 Å². The van der Waals surface area contributed by atoms with E-state index in [2.05, 4.69) is 60.5 Å². The number of carbonyl (C=O) groups excluding carboxylic acids is 1. The summed E-state index contributed by atoms with van der Waals surface area (Å²) in [6.07, 6.45) is 1.71. The van der Waals surface area contributed by atoms with E-state index in [4.69, 9.17) is 9.57 Å². The van der Waals surface area contributed by atoms with Gasteiger partial charge in [-0.3, -0.25) is 15.1 Å². The number of aryl methyl sites for hydroxylation is 1. The van der Waals surface area contributed by atoms with Gasteiger partial charge in [0.15, 0.2) is 0 Å². The summed E-state index contributed by atoms with van der Waals surface area (Å²) in [5.41, 5.74) is 10.2. The van der Waals surface area contributed by atoms with Crippen LogP contribution in [-0.2, 0) is 24.2 Å². The molecule has 0 aliphatic carbocycles. The van der Waals surface area contributed by atoms with Gasteiger partial charge in [-0.1, -0.05) is 6.07 Å². The molecule has 0 spiro atoms. The molecule has 2 aliphatic heterocycles. The fourth-order valence-corrected chi connectivity index (χ4v) is 5.88. The van der Waals surface area contributed by atoms with Crippen LogP contribution in [0.3, 0.4) is 0 Å². The molecule has 7 heteroatoms. The molecule has 168 valence electrons. The van der Waals surface area contributed by atoms with Crippen LogP contribution in [0.25, 0.3) is 21.7 Å². The van der Waals surface area contributed by atoms with Crippen molar-refractivity contribution in [3.05, 3.63) is 46.5 Å². The van der Waals surface area contributed by atoms with Crippen LogP contribution in [0.2, 0.25) is 0 Å². The molecule has 6 nitrogen and oxygen atoms in total. The van der Waals surface area contributed by atoms with E-state index >= 15 is 0 Å². The Morgan fingerprint density at radius 3 is 2.56 bits per heavy atom. The van der Waals surface area contributed by atoms with Crippen LogP contribution in [-0.4, -0.2) is 41.7 Å². The van der Waals surface area contributed by atoms with Gasteiger partial charge >= 0.3 is 0 Å². The molecule has 0 saturated carbocycles. The van der Waals surface area contributed by atoms with Gasteiger partial charge < -0.3 is 14.2 Å². The first-order valence-corrected chi connectivity index (χ1v) is 11.8. The zero-order valence-corrected chi connectivity index (χ0v) is 20.1. The van der Waals surface area contributed by atoms with Crippen molar-refractivity contribution in [1.29, 1.82) is 0 Å². The summed E-state index contributed by atoms with van der Waals surface area (Å²) < 4.78 is 7.86. The molecule has 1 N–H and O–H groups in total. The maximum absolute atomic E-state index is 13.8. The molecule has 32 heavy (non-hydrogen) atoms. The van der Waals surface area contributed by atoms with Crippen molar-refractivity contribution in [2.75, 3.05) is 26.2 Å². The number of rotatable bonds is 4. The first-order chi connectivity index (χ1) is 15.3. The summed E-state index contributed by atoms with van der Waals surface area (Å²) in [5.74, 6) is 0.887. The maximum atomic E-state index is 13.8. The van der Waals surface area contributed by atoms with Crippen molar-refractivity contribution >= 4 is 22.9 Å². The minimum absolute atomic E-state index is 0.134. The number of hydrogen-bond donors (Lipinski definition) is 1. The summed E-state index contributed by atoms with van der Waals surface area (Å²) in [6, 6.07) is 8.43. The van der Waals surface area contributed by atoms with E-state index in [1.165, 1.54) is 21.6 Å². The van der Waals surface area contributed by atoms with E-state index < -0.39 is 0 Å². The highest BCUT2D eigenvalue weighted by Gasteiger charge is 2.39. The quantitative estimate of drug-likeness (QED) is 0.553. The van der Waals surface area contributed by atoms with Gasteiger partial charge in [0.2, 0.25) is 0 Å². The molecule has 1 amide bonds. The number of methoxy groups -OCH3 is 1. The van der Waals surface area contributed by atoms with Gasteiger partial charge in [0.25, 0.3) is 5.91 Å². The van der Waals surface area contributed by atoms with Gasteiger partial charge in [-0.15, -0.1) is 11.3 Å². The van der Waals surface area contributed by atoms with E-state index in [-0.39, 0.29) is 11.4 Å². The number of nitrogens with zero attached hydrogens (tertiary/aromatic N) is 2. The maximum Gasteiger partial charge on any atom is 0.271 e. The molecule has 0 atom stereocenters. The molecule has 2 aliphatic rings. The molecule has 3 aromatic rings. The molecule has 5 rings (SSSR count). The lowest BCUT2D eigenvalue weighted by molar-refractivity contribution is 0.0550. The van der Waals surface area contributed by atoms with Crippen LogP contribution in [0.5, 0.6) is 5.75 Å². The smallest absolute Gasteiger partial charge is 0.271 e. The van der Waals surface area contributed by atoms with Gasteiger partial charge in [-0.2, -0.15) is 0 Å². The Hall–Kier alpha value is -2.77. The molecular formula is C25H29N3O3S. The number of fused-ring (bicyclic) bond motifs is 5. The van der Waals surface area contributed by atoms with Crippen LogP contribution in [0, 0.1) is 0 Å². The molecule has 0 bridgehead atoms. The summed E-state index contributed by atoms with van der Waals surface area (Å²) in [7, 11) is 3.26. The third-order valence-electron chi connectivity index (χ3n) is 6.47. The van der Waals surface area contributed by atoms with Gasteiger partial charge in [0.1, 0.15) is 17.1 Å². The standard InChI is InChI=1S/C25H29N3O3S/c1-25(2,3)28-11-9-16-21(20-7-6-12-32-20)22-17-14-18(26-31-5)19(30-4)13-15(17)8-10-27(22)23(16)24(28)29/h6-7,12-14,26H,8-11H2,1-5H3. The Kier molecular flexibility index (Phi) is 5.06. The lowest BCUT2D eigenvalue weighted by atomic mass is 9.92. The number of hydrogen-bond acceptors (Lipinski definition) is 5. The second kappa shape index (κ2) is 7.67. The number of aromatic nitrogens is 1. The number of ether oxygens (including phenoxy) is 1. The Bertz CT molecular complexity index is 1190. The molecule has 2 aromatic heterocycles. The molecule has 0 radical (unpaired) electrons. The number of anilines is 1. The highest BCUT2D eigenvalue weighted by molar-refractivity contribution is 7.13. The van der Waals surface area contributed by atoms with Crippen molar-refractivity contribution in [2.24, 2.45) is 0 Å². The molecular weight excluding hydrogens is 422 g/mol. The van der Waals surface area contributed by atoms with Crippen molar-refractivity contribution in [3.8, 4) is 27.4 Å². The average molecular weight is 452 g/mol. The molecule has 0 saturated heterocycles. The molecule has 4 heterocycles. The monoisotopic (exact) mass is 451 g/mol. The van der Waals surface area contributed by atoms with E-state index in [1.807, 2.05) is 4.90 Å². The van der Waals surface area contributed by atoms with Crippen molar-refractivity contribution in [3.63, 3.8) is 0 Å². The van der Waals surface area contributed by atoms with E-state index in [9.17, 15) is 4.79 Å². The Labute approximate surface area is 192 Å². The highest BCUT2D eigenvalue weighted by Crippen LogP contribution is 2.48. The van der Waals surface area contributed by atoms with Gasteiger partial charge in [0, 0.05) is 34.6 Å². The molecule has 1 aromatic carbocycles. The SMILES string of the molecule is CONc1cc2c(cc1OC)CCn1c3c(c(-c4cccs4)c1-2)CCN(C(C)(C)C)C3=O. The number of nitrogens with one attached hydrogen (secondary N) is 1. The summed E-state index contributed by atoms with van der Waals surface area (Å²) in [5, 5.41) is 2.10. The zero-order valence-electron chi connectivity index (χ0n) is 19.2. The second-order valence-electron chi connectivity index (χ2n) is 9.32. The fourth-order valence-electron chi connectivity index (χ4n) is 5.08. The summed E-state index contributed by atoms with van der Waals surface area (Å²) >= 11 is 1.73. The van der Waals surface area contributed by atoms with Gasteiger partial charge in [0.05, 0.1) is 19.9 Å². The number of carbonyl (C=O) groups is 1. The number of benzene rings is 1.